The molecule has 0 saturated carbocycles. The Kier molecular flexibility index (Phi) is 10.2. The quantitative estimate of drug-likeness (QED) is 0.314. The lowest BCUT2D eigenvalue weighted by Crippen LogP contribution is -2.39. The number of carbonyl (C=O) groups excluding carboxylic acids is 2. The fraction of sp³-hybridized carbons (Fsp3) is 0.375. The van der Waals surface area contributed by atoms with Crippen molar-refractivity contribution in [3.05, 3.63) is 71.3 Å². The van der Waals surface area contributed by atoms with Gasteiger partial charge in [-0.15, -0.1) is 0 Å². The maximum Gasteiger partial charge on any atom is 0.251 e. The minimum atomic E-state index is -0.574. The van der Waals surface area contributed by atoms with E-state index in [-0.39, 0.29) is 12.5 Å². The molecule has 2 amide bonds. The largest absolute Gasteiger partial charge is 0.368 e. The van der Waals surface area contributed by atoms with Gasteiger partial charge in [-0.1, -0.05) is 42.5 Å². The normalized spacial score (nSPS) is 12.3. The van der Waals surface area contributed by atoms with Crippen molar-refractivity contribution in [3.63, 3.8) is 0 Å². The smallest absolute Gasteiger partial charge is 0.251 e. The average Bonchev–Trinajstić information content (AvgIpc) is 2.80. The Labute approximate surface area is 190 Å². The summed E-state index contributed by atoms with van der Waals surface area (Å²) in [5, 5.41) is 9.10. The Morgan fingerprint density at radius 2 is 1.69 bits per heavy atom. The molecule has 2 rings (SSSR count). The van der Waals surface area contributed by atoms with Crippen LogP contribution < -0.4 is 21.7 Å². The Morgan fingerprint density at radius 1 is 1.00 bits per heavy atom. The van der Waals surface area contributed by atoms with Crippen molar-refractivity contribution in [2.24, 2.45) is 10.7 Å². The number of benzene rings is 2. The summed E-state index contributed by atoms with van der Waals surface area (Å²) in [5.41, 5.74) is 7.84. The molecule has 1 atom stereocenters. The van der Waals surface area contributed by atoms with E-state index < -0.39 is 5.91 Å². The number of nitrogens with one attached hydrogen (secondary N) is 3. The molecule has 0 aliphatic carbocycles. The van der Waals surface area contributed by atoms with Gasteiger partial charge < -0.3 is 21.7 Å². The molecule has 0 heterocycles. The van der Waals surface area contributed by atoms with Crippen LogP contribution in [0.2, 0.25) is 0 Å². The van der Waals surface area contributed by atoms with Crippen molar-refractivity contribution in [1.82, 2.24) is 20.9 Å². The van der Waals surface area contributed by atoms with Gasteiger partial charge in [0, 0.05) is 38.3 Å². The minimum Gasteiger partial charge on any atom is -0.368 e. The summed E-state index contributed by atoms with van der Waals surface area (Å²) in [6.07, 6.45) is 0.985. The molecule has 1 unspecified atom stereocenters. The Balaban J connectivity index is 1.72. The van der Waals surface area contributed by atoms with E-state index in [1.165, 1.54) is 5.56 Å². The molecule has 0 aliphatic heterocycles. The topological polar surface area (TPSA) is 112 Å². The SMILES string of the molecule is CN=C(NCCC(C)N(C)Cc1ccccc1)NCc1ccc(C(=O)NCC(N)=O)cc1. The van der Waals surface area contributed by atoms with Crippen LogP contribution in [0.25, 0.3) is 0 Å². The second kappa shape index (κ2) is 13.1. The Hall–Kier alpha value is -3.39. The van der Waals surface area contributed by atoms with Gasteiger partial charge in [0.25, 0.3) is 5.91 Å². The maximum absolute atomic E-state index is 11.9. The number of aliphatic imine (C=N–C) groups is 1. The molecule has 0 spiro atoms. The zero-order valence-corrected chi connectivity index (χ0v) is 19.1. The number of hydrogen-bond acceptors (Lipinski definition) is 4. The van der Waals surface area contributed by atoms with Crippen LogP contribution in [0.5, 0.6) is 0 Å². The van der Waals surface area contributed by atoms with Crippen LogP contribution in [0, 0.1) is 0 Å². The lowest BCUT2D eigenvalue weighted by molar-refractivity contribution is -0.117. The highest BCUT2D eigenvalue weighted by atomic mass is 16.2. The van der Waals surface area contributed by atoms with E-state index in [1.54, 1.807) is 19.2 Å². The van der Waals surface area contributed by atoms with Crippen molar-refractivity contribution in [2.45, 2.75) is 32.5 Å². The molecule has 5 N–H and O–H groups in total. The van der Waals surface area contributed by atoms with E-state index in [4.69, 9.17) is 5.73 Å². The minimum absolute atomic E-state index is 0.176. The van der Waals surface area contributed by atoms with Crippen molar-refractivity contribution < 1.29 is 9.59 Å². The molecule has 0 aliphatic rings. The predicted molar refractivity (Wildman–Crippen MR) is 128 cm³/mol. The van der Waals surface area contributed by atoms with Gasteiger partial charge in [-0.3, -0.25) is 19.5 Å². The molecule has 172 valence electrons. The molecule has 0 bridgehead atoms. The van der Waals surface area contributed by atoms with Crippen molar-refractivity contribution >= 4 is 17.8 Å². The molecule has 0 saturated heterocycles. The van der Waals surface area contributed by atoms with E-state index in [0.717, 1.165) is 31.0 Å². The summed E-state index contributed by atoms with van der Waals surface area (Å²) in [4.78, 5) is 29.3. The highest BCUT2D eigenvalue weighted by molar-refractivity contribution is 5.96. The average molecular weight is 439 g/mol. The fourth-order valence-corrected chi connectivity index (χ4v) is 3.10. The summed E-state index contributed by atoms with van der Waals surface area (Å²) in [7, 11) is 3.88. The maximum atomic E-state index is 11.9. The van der Waals surface area contributed by atoms with E-state index in [2.05, 4.69) is 64.1 Å². The Morgan fingerprint density at radius 3 is 2.31 bits per heavy atom. The molecular weight excluding hydrogens is 404 g/mol. The number of rotatable bonds is 11. The van der Waals surface area contributed by atoms with Crippen LogP contribution in [0.1, 0.15) is 34.8 Å². The summed E-state index contributed by atoms with van der Waals surface area (Å²) in [5.74, 6) is -0.173. The molecule has 0 fully saturated rings. The van der Waals surface area contributed by atoms with Crippen LogP contribution >= 0.6 is 0 Å². The van der Waals surface area contributed by atoms with E-state index in [0.29, 0.717) is 18.2 Å². The molecule has 2 aromatic rings. The molecule has 8 nitrogen and oxygen atoms in total. The van der Waals surface area contributed by atoms with Gasteiger partial charge >= 0.3 is 0 Å². The lowest BCUT2D eigenvalue weighted by Gasteiger charge is -2.25. The van der Waals surface area contributed by atoms with Gasteiger partial charge in [0.2, 0.25) is 5.91 Å². The first-order valence-electron chi connectivity index (χ1n) is 10.7. The molecule has 32 heavy (non-hydrogen) atoms. The molecule has 0 aromatic heterocycles. The van der Waals surface area contributed by atoms with Crippen molar-refractivity contribution in [2.75, 3.05) is 27.2 Å². The summed E-state index contributed by atoms with van der Waals surface area (Å²) in [6, 6.07) is 18.0. The summed E-state index contributed by atoms with van der Waals surface area (Å²) >= 11 is 0. The number of primary amides is 1. The van der Waals surface area contributed by atoms with Crippen molar-refractivity contribution in [1.29, 1.82) is 0 Å². The standard InChI is InChI=1S/C24H34N6O2/c1-18(30(3)17-20-7-5-4-6-8-20)13-14-27-24(26-2)29-15-19-9-11-21(12-10-19)23(32)28-16-22(25)31/h4-12,18H,13-17H2,1-3H3,(H2,25,31)(H,28,32)(H2,26,27,29). The van der Waals surface area contributed by atoms with Crippen molar-refractivity contribution in [3.8, 4) is 0 Å². The second-order valence-electron chi connectivity index (χ2n) is 7.74. The van der Waals surface area contributed by atoms with Crippen LogP contribution in [0.3, 0.4) is 0 Å². The van der Waals surface area contributed by atoms with Gasteiger partial charge in [-0.05, 0) is 43.7 Å². The summed E-state index contributed by atoms with van der Waals surface area (Å²) in [6.45, 7) is 4.35. The van der Waals surface area contributed by atoms with E-state index in [1.807, 2.05) is 18.2 Å². The number of amides is 2. The van der Waals surface area contributed by atoms with Gasteiger partial charge in [0.15, 0.2) is 5.96 Å². The second-order valence-corrected chi connectivity index (χ2v) is 7.74. The number of carbonyl (C=O) groups is 2. The third-order valence-electron chi connectivity index (χ3n) is 5.20. The lowest BCUT2D eigenvalue weighted by atomic mass is 10.1. The highest BCUT2D eigenvalue weighted by Crippen LogP contribution is 2.08. The van der Waals surface area contributed by atoms with Crippen LogP contribution in [0.15, 0.2) is 59.6 Å². The zero-order valence-electron chi connectivity index (χ0n) is 19.1. The molecule has 8 heteroatoms. The molecule has 0 radical (unpaired) electrons. The first-order valence-corrected chi connectivity index (χ1v) is 10.7. The number of nitrogens with two attached hydrogens (primary N) is 1. The van der Waals surface area contributed by atoms with E-state index in [9.17, 15) is 9.59 Å². The monoisotopic (exact) mass is 438 g/mol. The van der Waals surface area contributed by atoms with Gasteiger partial charge in [-0.25, -0.2) is 0 Å². The fourth-order valence-electron chi connectivity index (χ4n) is 3.10. The first kappa shape index (κ1) is 24.9. The summed E-state index contributed by atoms with van der Waals surface area (Å²) < 4.78 is 0. The highest BCUT2D eigenvalue weighted by Gasteiger charge is 2.10. The Bertz CT molecular complexity index is 883. The van der Waals surface area contributed by atoms with Gasteiger partial charge in [0.05, 0.1) is 6.54 Å². The third kappa shape index (κ3) is 8.77. The molecular formula is C24H34N6O2. The van der Waals surface area contributed by atoms with Crippen LogP contribution in [0.4, 0.5) is 0 Å². The van der Waals surface area contributed by atoms with Gasteiger partial charge in [-0.2, -0.15) is 0 Å². The van der Waals surface area contributed by atoms with Crippen LogP contribution in [-0.2, 0) is 17.9 Å². The van der Waals surface area contributed by atoms with Crippen LogP contribution in [-0.4, -0.2) is 55.9 Å². The third-order valence-corrected chi connectivity index (χ3v) is 5.20. The number of nitrogens with zero attached hydrogens (tertiary/aromatic N) is 2. The van der Waals surface area contributed by atoms with E-state index >= 15 is 0 Å². The first-order chi connectivity index (χ1) is 15.4. The number of guanidine groups is 1. The van der Waals surface area contributed by atoms with Gasteiger partial charge in [0.1, 0.15) is 0 Å². The zero-order chi connectivity index (χ0) is 23.3. The number of hydrogen-bond donors (Lipinski definition) is 4. The molecule has 2 aromatic carbocycles. The predicted octanol–water partition coefficient (Wildman–Crippen LogP) is 1.48.